The summed E-state index contributed by atoms with van der Waals surface area (Å²) >= 11 is 3.93. The van der Waals surface area contributed by atoms with E-state index in [9.17, 15) is 9.59 Å². The number of methoxy groups -OCH3 is 1. The van der Waals surface area contributed by atoms with Crippen molar-refractivity contribution in [2.45, 2.75) is 19.3 Å². The van der Waals surface area contributed by atoms with Crippen molar-refractivity contribution in [2.24, 2.45) is 5.92 Å². The second kappa shape index (κ2) is 8.95. The van der Waals surface area contributed by atoms with Gasteiger partial charge in [-0.05, 0) is 54.7 Å². The van der Waals surface area contributed by atoms with Crippen LogP contribution in [-0.4, -0.2) is 31.2 Å². The third-order valence-electron chi connectivity index (χ3n) is 4.40. The average Bonchev–Trinajstić information content (AvgIpc) is 3.52. The Morgan fingerprint density at radius 3 is 2.48 bits per heavy atom. The molecule has 0 saturated heterocycles. The van der Waals surface area contributed by atoms with Crippen LogP contribution < -0.4 is 14.8 Å². The van der Waals surface area contributed by atoms with Crippen LogP contribution >= 0.6 is 12.6 Å². The van der Waals surface area contributed by atoms with Gasteiger partial charge in [-0.1, -0.05) is 12.1 Å². The SMILES string of the molecule is COc1ccc(C(=O)Cc2ccc(NC(=O)CS)cc2)cc1OCC1CC1. The molecular formula is C21H23NO4S. The van der Waals surface area contributed by atoms with Crippen LogP contribution in [0.1, 0.15) is 28.8 Å². The number of benzene rings is 2. The van der Waals surface area contributed by atoms with Gasteiger partial charge in [0.25, 0.3) is 0 Å². The van der Waals surface area contributed by atoms with Gasteiger partial charge >= 0.3 is 0 Å². The van der Waals surface area contributed by atoms with Gasteiger partial charge in [-0.25, -0.2) is 0 Å². The number of anilines is 1. The highest BCUT2D eigenvalue weighted by Gasteiger charge is 2.23. The number of ketones is 1. The second-order valence-corrected chi connectivity index (χ2v) is 6.94. The monoisotopic (exact) mass is 385 g/mol. The Hall–Kier alpha value is -2.47. The van der Waals surface area contributed by atoms with Crippen molar-refractivity contribution in [3.8, 4) is 11.5 Å². The van der Waals surface area contributed by atoms with Gasteiger partial charge in [0, 0.05) is 17.7 Å². The van der Waals surface area contributed by atoms with Gasteiger partial charge in [-0.15, -0.1) is 0 Å². The van der Waals surface area contributed by atoms with Crippen molar-refractivity contribution in [2.75, 3.05) is 24.8 Å². The summed E-state index contributed by atoms with van der Waals surface area (Å²) in [5.74, 6) is 1.83. The van der Waals surface area contributed by atoms with Gasteiger partial charge in [0.1, 0.15) is 0 Å². The molecule has 1 saturated carbocycles. The Morgan fingerprint density at radius 2 is 1.85 bits per heavy atom. The minimum atomic E-state index is -0.167. The van der Waals surface area contributed by atoms with Crippen LogP contribution in [0.15, 0.2) is 42.5 Å². The first kappa shape index (κ1) is 19.3. The number of thiol groups is 1. The molecule has 2 aromatic carbocycles. The number of hydrogen-bond donors (Lipinski definition) is 2. The van der Waals surface area contributed by atoms with Crippen molar-refractivity contribution < 1.29 is 19.1 Å². The molecule has 1 aliphatic carbocycles. The fraction of sp³-hybridized carbons (Fsp3) is 0.333. The van der Waals surface area contributed by atoms with E-state index in [2.05, 4.69) is 17.9 Å². The third-order valence-corrected chi connectivity index (χ3v) is 4.69. The first-order chi connectivity index (χ1) is 13.1. The molecule has 1 fully saturated rings. The molecule has 5 nitrogen and oxygen atoms in total. The van der Waals surface area contributed by atoms with Crippen LogP contribution in [0, 0.1) is 5.92 Å². The summed E-state index contributed by atoms with van der Waals surface area (Å²) < 4.78 is 11.2. The Morgan fingerprint density at radius 1 is 1.11 bits per heavy atom. The van der Waals surface area contributed by atoms with E-state index in [0.717, 1.165) is 5.56 Å². The molecule has 6 heteroatoms. The third kappa shape index (κ3) is 5.50. The predicted molar refractivity (Wildman–Crippen MR) is 108 cm³/mol. The van der Waals surface area contributed by atoms with Gasteiger partial charge in [0.15, 0.2) is 17.3 Å². The summed E-state index contributed by atoms with van der Waals surface area (Å²) in [5, 5.41) is 2.72. The molecule has 27 heavy (non-hydrogen) atoms. The molecule has 0 bridgehead atoms. The summed E-state index contributed by atoms with van der Waals surface area (Å²) in [4.78, 5) is 24.0. The molecule has 142 valence electrons. The minimum absolute atomic E-state index is 0.000990. The molecule has 0 aliphatic heterocycles. The molecule has 0 atom stereocenters. The normalized spacial score (nSPS) is 13.1. The van der Waals surface area contributed by atoms with E-state index < -0.39 is 0 Å². The maximum atomic E-state index is 12.6. The second-order valence-electron chi connectivity index (χ2n) is 6.62. The van der Waals surface area contributed by atoms with Gasteiger partial charge < -0.3 is 14.8 Å². The quantitative estimate of drug-likeness (QED) is 0.509. The number of hydrogen-bond acceptors (Lipinski definition) is 5. The first-order valence-electron chi connectivity index (χ1n) is 8.92. The lowest BCUT2D eigenvalue weighted by Gasteiger charge is -2.12. The highest BCUT2D eigenvalue weighted by Crippen LogP contribution is 2.33. The zero-order valence-corrected chi connectivity index (χ0v) is 16.1. The van der Waals surface area contributed by atoms with Crippen LogP contribution in [0.3, 0.4) is 0 Å². The summed E-state index contributed by atoms with van der Waals surface area (Å²) in [6.45, 7) is 0.660. The molecule has 0 aromatic heterocycles. The zero-order chi connectivity index (χ0) is 19.2. The summed E-state index contributed by atoms with van der Waals surface area (Å²) in [6.07, 6.45) is 2.67. The average molecular weight is 385 g/mol. The Labute approximate surface area is 164 Å². The zero-order valence-electron chi connectivity index (χ0n) is 15.2. The number of amides is 1. The summed E-state index contributed by atoms with van der Waals surface area (Å²) in [7, 11) is 1.59. The van der Waals surface area contributed by atoms with Gasteiger partial charge in [0.2, 0.25) is 5.91 Å². The van der Waals surface area contributed by atoms with E-state index >= 15 is 0 Å². The highest BCUT2D eigenvalue weighted by atomic mass is 32.1. The van der Waals surface area contributed by atoms with E-state index in [4.69, 9.17) is 9.47 Å². The number of nitrogens with one attached hydrogen (secondary N) is 1. The van der Waals surface area contributed by atoms with E-state index in [1.165, 1.54) is 12.8 Å². The molecule has 2 aromatic rings. The van der Waals surface area contributed by atoms with E-state index in [-0.39, 0.29) is 23.9 Å². The Bertz CT molecular complexity index is 815. The van der Waals surface area contributed by atoms with Crippen LogP contribution in [0.5, 0.6) is 11.5 Å². The lowest BCUT2D eigenvalue weighted by molar-refractivity contribution is -0.113. The summed E-state index contributed by atoms with van der Waals surface area (Å²) in [5.41, 5.74) is 2.15. The highest BCUT2D eigenvalue weighted by molar-refractivity contribution is 7.81. The molecule has 1 N–H and O–H groups in total. The first-order valence-corrected chi connectivity index (χ1v) is 9.56. The standard InChI is InChI=1S/C21H23NO4S/c1-25-19-9-6-16(11-20(19)26-12-15-2-3-15)18(23)10-14-4-7-17(8-5-14)22-21(24)13-27/h4-9,11,15,27H,2-3,10,12-13H2,1H3,(H,22,24). The Balaban J connectivity index is 1.66. The van der Waals surface area contributed by atoms with Crippen molar-refractivity contribution in [1.29, 1.82) is 0 Å². The summed E-state index contributed by atoms with van der Waals surface area (Å²) in [6, 6.07) is 12.5. The topological polar surface area (TPSA) is 64.6 Å². The molecule has 0 spiro atoms. The smallest absolute Gasteiger partial charge is 0.234 e. The fourth-order valence-electron chi connectivity index (χ4n) is 2.65. The Kier molecular flexibility index (Phi) is 6.40. The lowest BCUT2D eigenvalue weighted by Crippen LogP contribution is -2.12. The van der Waals surface area contributed by atoms with Crippen molar-refractivity contribution in [3.05, 3.63) is 53.6 Å². The molecule has 0 unspecified atom stereocenters. The number of rotatable bonds is 9. The number of Topliss-reactive ketones (excluding diaryl/α,β-unsaturated/α-hetero) is 1. The van der Waals surface area contributed by atoms with Crippen LogP contribution in [0.4, 0.5) is 5.69 Å². The fourth-order valence-corrected chi connectivity index (χ4v) is 2.73. The molecular weight excluding hydrogens is 362 g/mol. The molecule has 1 aliphatic rings. The number of ether oxygens (including phenoxy) is 2. The molecule has 0 heterocycles. The van der Waals surface area contributed by atoms with Crippen molar-refractivity contribution >= 4 is 30.0 Å². The maximum Gasteiger partial charge on any atom is 0.234 e. The molecule has 1 amide bonds. The van der Waals surface area contributed by atoms with Crippen LogP contribution in [0.2, 0.25) is 0 Å². The van der Waals surface area contributed by atoms with E-state index in [0.29, 0.717) is 35.3 Å². The van der Waals surface area contributed by atoms with Crippen LogP contribution in [0.25, 0.3) is 0 Å². The van der Waals surface area contributed by atoms with Gasteiger partial charge in [-0.2, -0.15) is 12.6 Å². The van der Waals surface area contributed by atoms with Crippen molar-refractivity contribution in [3.63, 3.8) is 0 Å². The van der Waals surface area contributed by atoms with Crippen molar-refractivity contribution in [1.82, 2.24) is 0 Å². The predicted octanol–water partition coefficient (Wildman–Crippen LogP) is 3.78. The van der Waals surface area contributed by atoms with Gasteiger partial charge in [-0.3, -0.25) is 9.59 Å². The molecule has 3 rings (SSSR count). The number of carbonyl (C=O) groups excluding carboxylic acids is 2. The number of carbonyl (C=O) groups is 2. The minimum Gasteiger partial charge on any atom is -0.493 e. The lowest BCUT2D eigenvalue weighted by atomic mass is 10.0. The van der Waals surface area contributed by atoms with Gasteiger partial charge in [0.05, 0.1) is 19.5 Å². The maximum absolute atomic E-state index is 12.6. The van der Waals surface area contributed by atoms with E-state index in [1.54, 1.807) is 37.4 Å². The van der Waals surface area contributed by atoms with Crippen LogP contribution in [-0.2, 0) is 11.2 Å². The molecule has 0 radical (unpaired) electrons. The largest absolute Gasteiger partial charge is 0.493 e. The van der Waals surface area contributed by atoms with E-state index in [1.807, 2.05) is 12.1 Å².